The minimum atomic E-state index is -0.0387. The fourth-order valence-corrected chi connectivity index (χ4v) is 3.22. The van der Waals surface area contributed by atoms with Crippen LogP contribution in [0.2, 0.25) is 0 Å². The van der Waals surface area contributed by atoms with Crippen molar-refractivity contribution in [3.63, 3.8) is 0 Å². The fraction of sp³-hybridized carbons (Fsp3) is 0.429. The maximum absolute atomic E-state index is 12.3. The number of nitrogens with zero attached hydrogens (tertiary/aromatic N) is 1. The molecule has 2 N–H and O–H groups in total. The average Bonchev–Trinajstić information content (AvgIpc) is 3.10. The molecule has 1 atom stereocenters. The molecule has 1 fully saturated rings. The molecule has 0 radical (unpaired) electrons. The van der Waals surface area contributed by atoms with Gasteiger partial charge in [0.15, 0.2) is 10.8 Å². The molecule has 1 saturated heterocycles. The van der Waals surface area contributed by atoms with Gasteiger partial charge in [-0.1, -0.05) is 0 Å². The van der Waals surface area contributed by atoms with Gasteiger partial charge in [0.1, 0.15) is 10.6 Å². The average molecular weight is 364 g/mol. The molecule has 1 aliphatic rings. The number of aromatic nitrogens is 1. The quantitative estimate of drug-likeness (QED) is 0.879. The Labute approximate surface area is 145 Å². The number of thiazole rings is 1. The fourth-order valence-electron chi connectivity index (χ4n) is 2.29. The van der Waals surface area contributed by atoms with E-state index in [2.05, 4.69) is 15.6 Å². The van der Waals surface area contributed by atoms with Crippen LogP contribution in [0.4, 0.5) is 0 Å². The number of hydrogen-bond acceptors (Lipinski definition) is 5. The van der Waals surface area contributed by atoms with Crippen molar-refractivity contribution in [1.82, 2.24) is 15.6 Å². The van der Waals surface area contributed by atoms with Crippen molar-refractivity contribution in [2.45, 2.75) is 26.3 Å². The van der Waals surface area contributed by atoms with Gasteiger partial charge in [0.25, 0.3) is 5.91 Å². The van der Waals surface area contributed by atoms with Crippen LogP contribution in [0.5, 0.6) is 0 Å². The summed E-state index contributed by atoms with van der Waals surface area (Å²) < 4.78 is 5.56. The van der Waals surface area contributed by atoms with Crippen LogP contribution in [0, 0.1) is 13.8 Å². The molecule has 0 bridgehead atoms. The molecule has 122 valence electrons. The number of amides is 1. The van der Waals surface area contributed by atoms with E-state index in [1.807, 2.05) is 26.0 Å². The number of rotatable bonds is 3. The minimum absolute atomic E-state index is 0. The van der Waals surface area contributed by atoms with Crippen LogP contribution in [0.15, 0.2) is 16.5 Å². The third-order valence-electron chi connectivity index (χ3n) is 3.35. The minimum Gasteiger partial charge on any atom is -0.459 e. The SMILES string of the molecule is Cc1ccc(-c2nc(C)c(C(=O)NC3CCNC3)s2)o1.Cl.Cl. The summed E-state index contributed by atoms with van der Waals surface area (Å²) in [6.07, 6.45) is 0.980. The zero-order valence-corrected chi connectivity index (χ0v) is 14.8. The van der Waals surface area contributed by atoms with Gasteiger partial charge in [-0.3, -0.25) is 4.79 Å². The number of nitrogens with one attached hydrogen (secondary N) is 2. The van der Waals surface area contributed by atoms with Gasteiger partial charge in [0.05, 0.1) is 5.69 Å². The molecular formula is C14H19Cl2N3O2S. The highest BCUT2D eigenvalue weighted by Gasteiger charge is 2.22. The predicted molar refractivity (Wildman–Crippen MR) is 92.5 cm³/mol. The van der Waals surface area contributed by atoms with Crippen LogP contribution in [0.1, 0.15) is 27.5 Å². The number of furan rings is 1. The predicted octanol–water partition coefficient (Wildman–Crippen LogP) is 2.96. The molecule has 3 rings (SSSR count). The van der Waals surface area contributed by atoms with E-state index in [9.17, 15) is 4.79 Å². The van der Waals surface area contributed by atoms with E-state index < -0.39 is 0 Å². The highest BCUT2D eigenvalue weighted by molar-refractivity contribution is 7.17. The van der Waals surface area contributed by atoms with Crippen LogP contribution >= 0.6 is 36.2 Å². The number of carbonyl (C=O) groups is 1. The van der Waals surface area contributed by atoms with E-state index >= 15 is 0 Å². The normalized spacial score (nSPS) is 16.7. The van der Waals surface area contributed by atoms with Gasteiger partial charge in [-0.05, 0) is 38.9 Å². The van der Waals surface area contributed by atoms with Gasteiger partial charge >= 0.3 is 0 Å². The van der Waals surface area contributed by atoms with Crippen molar-refractivity contribution in [1.29, 1.82) is 0 Å². The first kappa shape index (κ1) is 19.0. The Morgan fingerprint density at radius 1 is 1.41 bits per heavy atom. The van der Waals surface area contributed by atoms with E-state index in [-0.39, 0.29) is 36.8 Å². The lowest BCUT2D eigenvalue weighted by atomic mass is 10.2. The summed E-state index contributed by atoms with van der Waals surface area (Å²) in [5, 5.41) is 7.03. The molecule has 0 aromatic carbocycles. The van der Waals surface area contributed by atoms with Crippen molar-refractivity contribution in [2.24, 2.45) is 0 Å². The second-order valence-electron chi connectivity index (χ2n) is 5.01. The Morgan fingerprint density at radius 3 is 2.77 bits per heavy atom. The van der Waals surface area contributed by atoms with Crippen molar-refractivity contribution in [3.05, 3.63) is 28.5 Å². The van der Waals surface area contributed by atoms with Crippen LogP contribution in [0.3, 0.4) is 0 Å². The third kappa shape index (κ3) is 4.01. The topological polar surface area (TPSA) is 67.2 Å². The van der Waals surface area contributed by atoms with Crippen LogP contribution < -0.4 is 10.6 Å². The molecule has 3 heterocycles. The van der Waals surface area contributed by atoms with Crippen molar-refractivity contribution in [2.75, 3.05) is 13.1 Å². The summed E-state index contributed by atoms with van der Waals surface area (Å²) in [4.78, 5) is 17.4. The summed E-state index contributed by atoms with van der Waals surface area (Å²) in [5.74, 6) is 1.52. The summed E-state index contributed by atoms with van der Waals surface area (Å²) in [6.45, 7) is 5.56. The molecule has 0 saturated carbocycles. The Hall–Kier alpha value is -1.08. The standard InChI is InChI=1S/C14H17N3O2S.2ClH/c1-8-3-4-11(19-8)14-16-9(2)12(20-14)13(18)17-10-5-6-15-7-10;;/h3-4,10,15H,5-7H2,1-2H3,(H,17,18);2*1H. The Kier molecular flexibility index (Phi) is 6.87. The molecule has 0 spiro atoms. The maximum atomic E-state index is 12.3. The number of aryl methyl sites for hydroxylation is 2. The van der Waals surface area contributed by atoms with Crippen molar-refractivity contribution < 1.29 is 9.21 Å². The molecule has 5 nitrogen and oxygen atoms in total. The van der Waals surface area contributed by atoms with E-state index in [4.69, 9.17) is 4.42 Å². The first-order valence-corrected chi connectivity index (χ1v) is 7.51. The lowest BCUT2D eigenvalue weighted by molar-refractivity contribution is 0.0943. The summed E-state index contributed by atoms with van der Waals surface area (Å²) in [6, 6.07) is 4.00. The van der Waals surface area contributed by atoms with Gasteiger partial charge in [-0.15, -0.1) is 36.2 Å². The zero-order valence-electron chi connectivity index (χ0n) is 12.3. The van der Waals surface area contributed by atoms with Gasteiger partial charge in [-0.25, -0.2) is 4.98 Å². The summed E-state index contributed by atoms with van der Waals surface area (Å²) in [7, 11) is 0. The zero-order chi connectivity index (χ0) is 14.1. The van der Waals surface area contributed by atoms with Gasteiger partial charge in [-0.2, -0.15) is 0 Å². The Bertz CT molecular complexity index is 636. The first-order chi connectivity index (χ1) is 9.63. The summed E-state index contributed by atoms with van der Waals surface area (Å²) in [5.41, 5.74) is 0.752. The Morgan fingerprint density at radius 2 is 2.18 bits per heavy atom. The number of carbonyl (C=O) groups excluding carboxylic acids is 1. The third-order valence-corrected chi connectivity index (χ3v) is 4.52. The maximum Gasteiger partial charge on any atom is 0.263 e. The van der Waals surface area contributed by atoms with Crippen molar-refractivity contribution in [3.8, 4) is 10.8 Å². The van der Waals surface area contributed by atoms with Gasteiger partial charge in [0.2, 0.25) is 0 Å². The lowest BCUT2D eigenvalue weighted by Gasteiger charge is -2.09. The van der Waals surface area contributed by atoms with E-state index in [1.54, 1.807) is 0 Å². The molecule has 0 aliphatic carbocycles. The molecule has 1 amide bonds. The highest BCUT2D eigenvalue weighted by atomic mass is 35.5. The van der Waals surface area contributed by atoms with Gasteiger partial charge in [0, 0.05) is 12.6 Å². The van der Waals surface area contributed by atoms with Gasteiger partial charge < -0.3 is 15.1 Å². The molecular weight excluding hydrogens is 345 g/mol. The van der Waals surface area contributed by atoms with Crippen LogP contribution in [-0.2, 0) is 0 Å². The molecule has 2 aromatic heterocycles. The highest BCUT2D eigenvalue weighted by Crippen LogP contribution is 2.29. The Balaban J connectivity index is 0.00000121. The second-order valence-corrected chi connectivity index (χ2v) is 6.01. The first-order valence-electron chi connectivity index (χ1n) is 6.69. The summed E-state index contributed by atoms with van der Waals surface area (Å²) >= 11 is 1.38. The lowest BCUT2D eigenvalue weighted by Crippen LogP contribution is -2.36. The molecule has 8 heteroatoms. The molecule has 2 aromatic rings. The largest absolute Gasteiger partial charge is 0.459 e. The van der Waals surface area contributed by atoms with Crippen molar-refractivity contribution >= 4 is 42.1 Å². The van der Waals surface area contributed by atoms with E-state index in [1.165, 1.54) is 11.3 Å². The van der Waals surface area contributed by atoms with Crippen LogP contribution in [0.25, 0.3) is 10.8 Å². The molecule has 1 aliphatic heterocycles. The molecule has 1 unspecified atom stereocenters. The molecule has 22 heavy (non-hydrogen) atoms. The van der Waals surface area contributed by atoms with E-state index in [0.29, 0.717) is 4.88 Å². The smallest absolute Gasteiger partial charge is 0.263 e. The number of hydrogen-bond donors (Lipinski definition) is 2. The number of halogens is 2. The second kappa shape index (κ2) is 7.97. The van der Waals surface area contributed by atoms with Crippen LogP contribution in [-0.4, -0.2) is 30.0 Å². The monoisotopic (exact) mass is 363 g/mol. The van der Waals surface area contributed by atoms with E-state index in [0.717, 1.165) is 41.7 Å².